The van der Waals surface area contributed by atoms with E-state index in [1.807, 2.05) is 30.3 Å². The first-order valence-electron chi connectivity index (χ1n) is 6.53. The van der Waals surface area contributed by atoms with Gasteiger partial charge in [-0.1, -0.05) is 17.3 Å². The summed E-state index contributed by atoms with van der Waals surface area (Å²) in [6.07, 6.45) is 3.18. The Balaban J connectivity index is 1.82. The van der Waals surface area contributed by atoms with Crippen LogP contribution in [0, 0.1) is 0 Å². The molecule has 0 bridgehead atoms. The van der Waals surface area contributed by atoms with Crippen LogP contribution in [0.4, 0.5) is 0 Å². The highest BCUT2D eigenvalue weighted by molar-refractivity contribution is 5.83. The number of hydrogen-bond acceptors (Lipinski definition) is 6. The summed E-state index contributed by atoms with van der Waals surface area (Å²) in [6.45, 7) is 0. The lowest BCUT2D eigenvalue weighted by molar-refractivity contribution is 0.387. The van der Waals surface area contributed by atoms with E-state index in [2.05, 4.69) is 29.6 Å². The fourth-order valence-electron chi connectivity index (χ4n) is 2.22. The van der Waals surface area contributed by atoms with Crippen LogP contribution in [0.1, 0.15) is 0 Å². The second-order valence-electron chi connectivity index (χ2n) is 4.64. The van der Waals surface area contributed by atoms with Crippen molar-refractivity contribution in [1.82, 2.24) is 25.1 Å². The average Bonchev–Trinajstić information content (AvgIpc) is 3.01. The Kier molecular flexibility index (Phi) is 2.75. The molecule has 3 heterocycles. The molecule has 0 aliphatic carbocycles. The van der Waals surface area contributed by atoms with Crippen LogP contribution >= 0.6 is 0 Å². The van der Waals surface area contributed by atoms with E-state index in [1.165, 1.54) is 6.33 Å². The summed E-state index contributed by atoms with van der Waals surface area (Å²) < 4.78 is 4.49. The van der Waals surface area contributed by atoms with Crippen molar-refractivity contribution in [1.29, 1.82) is 0 Å². The number of fused-ring (bicyclic) bond motifs is 1. The fourth-order valence-corrected chi connectivity index (χ4v) is 2.22. The zero-order chi connectivity index (χ0) is 14.9. The standard InChI is InChI=1S/C15H9N5O2/c21-15-19-14(20-22-15)13-7-12(17-8-18-13)10-3-4-11-9(6-10)2-1-5-16-11/h1-8H,(H,19,20,21). The Labute approximate surface area is 123 Å². The third kappa shape index (κ3) is 2.14. The van der Waals surface area contributed by atoms with Crippen LogP contribution in [0.25, 0.3) is 33.7 Å². The Morgan fingerprint density at radius 2 is 1.91 bits per heavy atom. The van der Waals surface area contributed by atoms with Gasteiger partial charge in [0, 0.05) is 17.1 Å². The number of rotatable bonds is 2. The monoisotopic (exact) mass is 291 g/mol. The molecule has 0 amide bonds. The summed E-state index contributed by atoms with van der Waals surface area (Å²) in [7, 11) is 0. The van der Waals surface area contributed by atoms with E-state index in [4.69, 9.17) is 0 Å². The van der Waals surface area contributed by atoms with Crippen molar-refractivity contribution in [3.63, 3.8) is 0 Å². The summed E-state index contributed by atoms with van der Waals surface area (Å²) in [5, 5.41) is 4.65. The summed E-state index contributed by atoms with van der Waals surface area (Å²) in [5.41, 5.74) is 3.05. The smallest absolute Gasteiger partial charge is 0.296 e. The maximum Gasteiger partial charge on any atom is 0.439 e. The normalized spacial score (nSPS) is 10.9. The lowest BCUT2D eigenvalue weighted by atomic mass is 10.1. The maximum atomic E-state index is 11.0. The molecule has 0 fully saturated rings. The number of nitrogens with one attached hydrogen (secondary N) is 1. The first-order valence-corrected chi connectivity index (χ1v) is 6.53. The highest BCUT2D eigenvalue weighted by atomic mass is 16.5. The third-order valence-corrected chi connectivity index (χ3v) is 3.25. The molecular weight excluding hydrogens is 282 g/mol. The number of aromatic amines is 1. The van der Waals surface area contributed by atoms with Crippen LogP contribution in [0.3, 0.4) is 0 Å². The van der Waals surface area contributed by atoms with Crippen molar-refractivity contribution < 1.29 is 4.52 Å². The molecule has 4 rings (SSSR count). The fraction of sp³-hybridized carbons (Fsp3) is 0. The van der Waals surface area contributed by atoms with Crippen molar-refractivity contribution >= 4 is 10.9 Å². The zero-order valence-corrected chi connectivity index (χ0v) is 11.2. The molecule has 3 aromatic heterocycles. The summed E-state index contributed by atoms with van der Waals surface area (Å²) in [5.74, 6) is -0.344. The Morgan fingerprint density at radius 1 is 1.00 bits per heavy atom. The molecule has 7 nitrogen and oxygen atoms in total. The van der Waals surface area contributed by atoms with Crippen LogP contribution in [0.15, 0.2) is 58.2 Å². The molecule has 1 N–H and O–H groups in total. The Bertz CT molecular complexity index is 1020. The summed E-state index contributed by atoms with van der Waals surface area (Å²) in [6, 6.07) is 11.5. The minimum Gasteiger partial charge on any atom is -0.296 e. The molecule has 0 saturated heterocycles. The predicted octanol–water partition coefficient (Wildman–Crippen LogP) is 2.04. The SMILES string of the molecule is O=c1[nH]c(-c2cc(-c3ccc4ncccc4c3)ncn2)no1. The van der Waals surface area contributed by atoms with Crippen molar-refractivity contribution in [2.75, 3.05) is 0 Å². The number of nitrogens with zero attached hydrogens (tertiary/aromatic N) is 4. The molecule has 0 saturated carbocycles. The van der Waals surface area contributed by atoms with Gasteiger partial charge < -0.3 is 0 Å². The second-order valence-corrected chi connectivity index (χ2v) is 4.64. The van der Waals surface area contributed by atoms with Crippen LogP contribution in [0.5, 0.6) is 0 Å². The lowest BCUT2D eigenvalue weighted by Crippen LogP contribution is -1.96. The molecular formula is C15H9N5O2. The van der Waals surface area contributed by atoms with Gasteiger partial charge in [-0.15, -0.1) is 0 Å². The van der Waals surface area contributed by atoms with Gasteiger partial charge in [0.2, 0.25) is 5.82 Å². The van der Waals surface area contributed by atoms with E-state index in [0.29, 0.717) is 5.69 Å². The van der Waals surface area contributed by atoms with E-state index >= 15 is 0 Å². The molecule has 0 unspecified atom stereocenters. The number of hydrogen-bond donors (Lipinski definition) is 1. The predicted molar refractivity (Wildman–Crippen MR) is 78.9 cm³/mol. The van der Waals surface area contributed by atoms with Gasteiger partial charge in [-0.05, 0) is 24.3 Å². The van der Waals surface area contributed by atoms with Crippen molar-refractivity contribution in [2.45, 2.75) is 0 Å². The minimum absolute atomic E-state index is 0.274. The Hall–Kier alpha value is -3.35. The minimum atomic E-state index is -0.619. The van der Waals surface area contributed by atoms with E-state index in [1.54, 1.807) is 12.3 Å². The van der Waals surface area contributed by atoms with Gasteiger partial charge in [-0.3, -0.25) is 14.5 Å². The zero-order valence-electron chi connectivity index (χ0n) is 11.2. The summed E-state index contributed by atoms with van der Waals surface area (Å²) >= 11 is 0. The van der Waals surface area contributed by atoms with Crippen LogP contribution in [0.2, 0.25) is 0 Å². The number of H-pyrrole nitrogens is 1. The van der Waals surface area contributed by atoms with Crippen LogP contribution in [-0.4, -0.2) is 25.1 Å². The Morgan fingerprint density at radius 3 is 2.77 bits per heavy atom. The van der Waals surface area contributed by atoms with Gasteiger partial charge in [0.1, 0.15) is 12.0 Å². The highest BCUT2D eigenvalue weighted by Gasteiger charge is 2.09. The first kappa shape index (κ1) is 12.4. The van der Waals surface area contributed by atoms with Gasteiger partial charge in [-0.2, -0.15) is 0 Å². The van der Waals surface area contributed by atoms with Gasteiger partial charge in [0.25, 0.3) is 0 Å². The van der Waals surface area contributed by atoms with Crippen molar-refractivity contribution in [2.24, 2.45) is 0 Å². The van der Waals surface area contributed by atoms with Gasteiger partial charge >= 0.3 is 5.76 Å². The summed E-state index contributed by atoms with van der Waals surface area (Å²) in [4.78, 5) is 26.1. The van der Waals surface area contributed by atoms with Crippen LogP contribution in [-0.2, 0) is 0 Å². The lowest BCUT2D eigenvalue weighted by Gasteiger charge is -2.03. The molecule has 0 atom stereocenters. The molecule has 106 valence electrons. The molecule has 0 aliphatic rings. The van der Waals surface area contributed by atoms with Gasteiger partial charge in [0.05, 0.1) is 11.2 Å². The number of aromatic nitrogens is 5. The molecule has 0 aliphatic heterocycles. The highest BCUT2D eigenvalue weighted by Crippen LogP contribution is 2.23. The van der Waals surface area contributed by atoms with Gasteiger partial charge in [-0.25, -0.2) is 14.8 Å². The van der Waals surface area contributed by atoms with Crippen molar-refractivity contribution in [3.05, 3.63) is 59.5 Å². The van der Waals surface area contributed by atoms with E-state index < -0.39 is 5.76 Å². The maximum absolute atomic E-state index is 11.0. The molecule has 4 aromatic rings. The van der Waals surface area contributed by atoms with Crippen molar-refractivity contribution in [3.8, 4) is 22.8 Å². The molecule has 0 spiro atoms. The molecule has 0 radical (unpaired) electrons. The first-order chi connectivity index (χ1) is 10.8. The van der Waals surface area contributed by atoms with Gasteiger partial charge in [0.15, 0.2) is 0 Å². The quantitative estimate of drug-likeness (QED) is 0.607. The molecule has 22 heavy (non-hydrogen) atoms. The third-order valence-electron chi connectivity index (χ3n) is 3.25. The van der Waals surface area contributed by atoms with E-state index in [-0.39, 0.29) is 5.82 Å². The van der Waals surface area contributed by atoms with Crippen LogP contribution < -0.4 is 5.76 Å². The molecule has 7 heteroatoms. The molecule has 1 aromatic carbocycles. The average molecular weight is 291 g/mol. The number of pyridine rings is 1. The van der Waals surface area contributed by atoms with E-state index in [9.17, 15) is 4.79 Å². The number of benzene rings is 1. The topological polar surface area (TPSA) is 97.6 Å². The second kappa shape index (κ2) is 4.88. The largest absolute Gasteiger partial charge is 0.439 e. The van der Waals surface area contributed by atoms with E-state index in [0.717, 1.165) is 22.2 Å².